The van der Waals surface area contributed by atoms with Crippen molar-refractivity contribution in [2.24, 2.45) is 0 Å². The molecule has 0 nitrogen and oxygen atoms in total. The van der Waals surface area contributed by atoms with Gasteiger partial charge in [-0.15, -0.1) is 0 Å². The highest BCUT2D eigenvalue weighted by Crippen LogP contribution is 2.51. The summed E-state index contributed by atoms with van der Waals surface area (Å²) >= 11 is 0. The van der Waals surface area contributed by atoms with Crippen molar-refractivity contribution in [3.63, 3.8) is 0 Å². The van der Waals surface area contributed by atoms with E-state index in [1.165, 1.54) is 66.0 Å². The van der Waals surface area contributed by atoms with E-state index in [0.29, 0.717) is 0 Å². The molecule has 0 heterocycles. The van der Waals surface area contributed by atoms with Crippen molar-refractivity contribution in [1.29, 1.82) is 0 Å². The van der Waals surface area contributed by atoms with Crippen LogP contribution in [0.4, 0.5) is 0 Å². The van der Waals surface area contributed by atoms with E-state index in [-0.39, 0.29) is 16.4 Å². The van der Waals surface area contributed by atoms with E-state index in [4.69, 9.17) is 0 Å². The number of rotatable bonds is 4. The van der Waals surface area contributed by atoms with Gasteiger partial charge in [-0.1, -0.05) is 181 Å². The molecule has 0 aromatic heterocycles. The second-order valence-corrected chi connectivity index (χ2v) is 19.6. The molecule has 2 aliphatic carbocycles. The Morgan fingerprint density at radius 1 is 0.468 bits per heavy atom. The molecule has 0 saturated carbocycles. The minimum Gasteiger partial charge on any atom is -0.0624 e. The van der Waals surface area contributed by atoms with Crippen molar-refractivity contribution >= 4 is 23.6 Å². The SMILES string of the molecule is CC(C)(C)c1ccc2c(c1)C([Si](c1ccccc1)(c1ccccc1)c1cccc3c1Cc1ccccc1-3)c1cc(C(C)(C)C)ccc1-2. The number of hydrogen-bond acceptors (Lipinski definition) is 0. The molecule has 0 bridgehead atoms. The summed E-state index contributed by atoms with van der Waals surface area (Å²) < 4.78 is 0. The van der Waals surface area contributed by atoms with Crippen molar-refractivity contribution in [3.05, 3.63) is 173 Å². The molecule has 0 spiro atoms. The summed E-state index contributed by atoms with van der Waals surface area (Å²) in [6.45, 7) is 14.1. The Balaban J connectivity index is 1.55. The maximum Gasteiger partial charge on any atom is 0.160 e. The fourth-order valence-electron chi connectivity index (χ4n) is 8.56. The highest BCUT2D eigenvalue weighted by molar-refractivity contribution is 7.13. The van der Waals surface area contributed by atoms with Crippen LogP contribution in [0.1, 0.15) is 80.5 Å². The molecular formula is C46H44Si. The van der Waals surface area contributed by atoms with E-state index in [2.05, 4.69) is 181 Å². The van der Waals surface area contributed by atoms with Gasteiger partial charge in [0, 0.05) is 5.54 Å². The second kappa shape index (κ2) is 10.8. The summed E-state index contributed by atoms with van der Waals surface area (Å²) in [6.07, 6.45) is 0.979. The Kier molecular flexibility index (Phi) is 6.87. The van der Waals surface area contributed by atoms with Crippen LogP contribution in [-0.2, 0) is 17.3 Å². The van der Waals surface area contributed by atoms with Crippen LogP contribution in [0, 0.1) is 0 Å². The van der Waals surface area contributed by atoms with Crippen LogP contribution in [-0.4, -0.2) is 8.07 Å². The Bertz CT molecular complexity index is 2020. The van der Waals surface area contributed by atoms with Gasteiger partial charge in [-0.05, 0) is 88.4 Å². The van der Waals surface area contributed by atoms with Gasteiger partial charge in [0.25, 0.3) is 0 Å². The highest BCUT2D eigenvalue weighted by atomic mass is 28.3. The predicted octanol–water partition coefficient (Wildman–Crippen LogP) is 9.67. The molecule has 232 valence electrons. The van der Waals surface area contributed by atoms with Gasteiger partial charge < -0.3 is 0 Å². The average Bonchev–Trinajstić information content (AvgIpc) is 3.61. The molecule has 0 saturated heterocycles. The molecule has 2 aliphatic rings. The normalized spacial score (nSPS) is 14.0. The monoisotopic (exact) mass is 624 g/mol. The molecule has 0 aliphatic heterocycles. The molecule has 0 radical (unpaired) electrons. The van der Waals surface area contributed by atoms with Gasteiger partial charge in [0.15, 0.2) is 8.07 Å². The molecule has 47 heavy (non-hydrogen) atoms. The van der Waals surface area contributed by atoms with Gasteiger partial charge in [0.05, 0.1) is 0 Å². The zero-order valence-electron chi connectivity index (χ0n) is 28.6. The van der Waals surface area contributed by atoms with Gasteiger partial charge >= 0.3 is 0 Å². The van der Waals surface area contributed by atoms with E-state index < -0.39 is 8.07 Å². The molecule has 0 fully saturated rings. The molecule has 0 unspecified atom stereocenters. The summed E-state index contributed by atoms with van der Waals surface area (Å²) in [7, 11) is -2.85. The first-order valence-corrected chi connectivity index (χ1v) is 19.3. The fraction of sp³-hybridized carbons (Fsp3) is 0.217. The van der Waals surface area contributed by atoms with Crippen LogP contribution >= 0.6 is 0 Å². The highest BCUT2D eigenvalue weighted by Gasteiger charge is 2.53. The number of fused-ring (bicyclic) bond motifs is 6. The van der Waals surface area contributed by atoms with Gasteiger partial charge in [-0.3, -0.25) is 0 Å². The maximum atomic E-state index is 2.59. The Morgan fingerprint density at radius 3 is 1.49 bits per heavy atom. The lowest BCUT2D eigenvalue weighted by Gasteiger charge is -2.42. The minimum absolute atomic E-state index is 0.0459. The summed E-state index contributed by atoms with van der Waals surface area (Å²) in [4.78, 5) is 0. The zero-order chi connectivity index (χ0) is 32.6. The first-order valence-electron chi connectivity index (χ1n) is 17.2. The molecule has 0 amide bonds. The fourth-order valence-corrected chi connectivity index (χ4v) is 14.4. The molecule has 0 atom stereocenters. The smallest absolute Gasteiger partial charge is 0.0624 e. The third-order valence-electron chi connectivity index (χ3n) is 10.9. The lowest BCUT2D eigenvalue weighted by atomic mass is 9.85. The van der Waals surface area contributed by atoms with Crippen molar-refractivity contribution in [2.45, 2.75) is 64.3 Å². The van der Waals surface area contributed by atoms with E-state index in [9.17, 15) is 0 Å². The zero-order valence-corrected chi connectivity index (χ0v) is 29.6. The van der Waals surface area contributed by atoms with E-state index in [1.807, 2.05) is 0 Å². The quantitative estimate of drug-likeness (QED) is 0.135. The first kappa shape index (κ1) is 29.9. The van der Waals surface area contributed by atoms with Crippen LogP contribution in [0.5, 0.6) is 0 Å². The standard InChI is InChI=1S/C46H44Si/c1-45(2,3)32-24-26-38-39-27-25-33(46(4,5)6)30-42(39)44(41(38)29-32)47(34-17-9-7-10-18-34,35-19-11-8-12-20-35)43-23-15-22-37-36-21-14-13-16-31(36)28-40(37)43/h7-27,29-30,44H,28H2,1-6H3. The van der Waals surface area contributed by atoms with Gasteiger partial charge in [-0.2, -0.15) is 0 Å². The minimum atomic E-state index is -2.85. The lowest BCUT2D eigenvalue weighted by Crippen LogP contribution is -2.71. The summed E-state index contributed by atoms with van der Waals surface area (Å²) in [5.41, 5.74) is 14.6. The third-order valence-corrected chi connectivity index (χ3v) is 16.2. The summed E-state index contributed by atoms with van der Waals surface area (Å²) in [5.74, 6) is 0. The van der Waals surface area contributed by atoms with E-state index >= 15 is 0 Å². The number of hydrogen-bond donors (Lipinski definition) is 0. The van der Waals surface area contributed by atoms with Gasteiger partial charge in [0.1, 0.15) is 0 Å². The van der Waals surface area contributed by atoms with Crippen LogP contribution in [0.25, 0.3) is 22.3 Å². The number of benzene rings is 6. The molecule has 0 N–H and O–H groups in total. The Hall–Kier alpha value is -4.46. The Morgan fingerprint density at radius 2 is 0.957 bits per heavy atom. The van der Waals surface area contributed by atoms with E-state index in [0.717, 1.165) is 6.42 Å². The predicted molar refractivity (Wildman–Crippen MR) is 203 cm³/mol. The van der Waals surface area contributed by atoms with Crippen LogP contribution in [0.3, 0.4) is 0 Å². The van der Waals surface area contributed by atoms with Crippen molar-refractivity contribution in [1.82, 2.24) is 0 Å². The van der Waals surface area contributed by atoms with Gasteiger partial charge in [-0.25, -0.2) is 0 Å². The molecular weight excluding hydrogens is 581 g/mol. The summed E-state index contributed by atoms with van der Waals surface area (Å²) in [6, 6.07) is 54.3. The van der Waals surface area contributed by atoms with Gasteiger partial charge in [0.2, 0.25) is 0 Å². The maximum absolute atomic E-state index is 2.85. The van der Waals surface area contributed by atoms with Crippen LogP contribution in [0.15, 0.2) is 140 Å². The topological polar surface area (TPSA) is 0 Å². The average molecular weight is 625 g/mol. The largest absolute Gasteiger partial charge is 0.160 e. The Labute approximate surface area is 282 Å². The molecule has 8 rings (SSSR count). The second-order valence-electron chi connectivity index (χ2n) is 15.7. The molecule has 1 heteroatoms. The molecule has 6 aromatic rings. The first-order chi connectivity index (χ1) is 22.6. The van der Waals surface area contributed by atoms with Crippen LogP contribution in [0.2, 0.25) is 0 Å². The van der Waals surface area contributed by atoms with Crippen molar-refractivity contribution in [2.75, 3.05) is 0 Å². The van der Waals surface area contributed by atoms with E-state index in [1.54, 1.807) is 5.19 Å². The molecule has 6 aromatic carbocycles. The lowest BCUT2D eigenvalue weighted by molar-refractivity contribution is 0.589. The van der Waals surface area contributed by atoms with Crippen LogP contribution < -0.4 is 15.6 Å². The van der Waals surface area contributed by atoms with Crippen molar-refractivity contribution in [3.8, 4) is 22.3 Å². The third kappa shape index (κ3) is 4.62. The summed E-state index contributed by atoms with van der Waals surface area (Å²) in [5, 5.41) is 4.50. The van der Waals surface area contributed by atoms with Crippen molar-refractivity contribution < 1.29 is 0 Å².